The zero-order valence-corrected chi connectivity index (χ0v) is 11.5. The molecule has 2 aromatic heterocycles. The minimum Gasteiger partial charge on any atom is -0.330 e. The van der Waals surface area contributed by atoms with E-state index in [2.05, 4.69) is 20.6 Å². The molecule has 0 atom stereocenters. The Kier molecular flexibility index (Phi) is 3.74. The van der Waals surface area contributed by atoms with Crippen molar-refractivity contribution < 1.29 is 0 Å². The zero-order valence-electron chi connectivity index (χ0n) is 11.5. The standard InChI is InChI=1S/C17H14N4/c18-11-15-5-1-2-6-16(15)13-21-9-8-20-17(21)10-14-4-3-7-19-12-14/h1-9,12H,10,13H2. The Hall–Kier alpha value is -2.93. The van der Waals surface area contributed by atoms with Crippen molar-refractivity contribution in [3.63, 3.8) is 0 Å². The van der Waals surface area contributed by atoms with Gasteiger partial charge in [-0.25, -0.2) is 4.98 Å². The van der Waals surface area contributed by atoms with Crippen molar-refractivity contribution in [2.24, 2.45) is 0 Å². The lowest BCUT2D eigenvalue weighted by atomic mass is 10.1. The van der Waals surface area contributed by atoms with Gasteiger partial charge in [-0.2, -0.15) is 5.26 Å². The summed E-state index contributed by atoms with van der Waals surface area (Å²) in [6, 6.07) is 13.8. The van der Waals surface area contributed by atoms with Crippen LogP contribution in [0.25, 0.3) is 0 Å². The molecular weight excluding hydrogens is 260 g/mol. The van der Waals surface area contributed by atoms with Gasteiger partial charge in [0.25, 0.3) is 0 Å². The zero-order chi connectivity index (χ0) is 14.5. The van der Waals surface area contributed by atoms with Crippen LogP contribution in [0.2, 0.25) is 0 Å². The van der Waals surface area contributed by atoms with Crippen molar-refractivity contribution in [3.8, 4) is 6.07 Å². The van der Waals surface area contributed by atoms with Gasteiger partial charge in [0.2, 0.25) is 0 Å². The van der Waals surface area contributed by atoms with Crippen molar-refractivity contribution in [1.82, 2.24) is 14.5 Å². The first kappa shape index (κ1) is 13.1. The highest BCUT2D eigenvalue weighted by molar-refractivity contribution is 5.37. The minimum absolute atomic E-state index is 0.652. The lowest BCUT2D eigenvalue weighted by Gasteiger charge is -2.09. The summed E-state index contributed by atoms with van der Waals surface area (Å²) in [6.07, 6.45) is 8.08. The molecule has 2 heterocycles. The highest BCUT2D eigenvalue weighted by Gasteiger charge is 2.07. The van der Waals surface area contributed by atoms with Gasteiger partial charge in [0.05, 0.1) is 18.2 Å². The van der Waals surface area contributed by atoms with Crippen molar-refractivity contribution >= 4 is 0 Å². The predicted octanol–water partition coefficient (Wildman–Crippen LogP) is 2.79. The van der Waals surface area contributed by atoms with Crippen LogP contribution in [0, 0.1) is 11.3 Å². The number of benzene rings is 1. The number of rotatable bonds is 4. The summed E-state index contributed by atoms with van der Waals surface area (Å²) >= 11 is 0. The highest BCUT2D eigenvalue weighted by atomic mass is 15.1. The smallest absolute Gasteiger partial charge is 0.113 e. The molecule has 102 valence electrons. The summed E-state index contributed by atoms with van der Waals surface area (Å²) in [7, 11) is 0. The third kappa shape index (κ3) is 2.98. The Morgan fingerprint density at radius 3 is 2.81 bits per heavy atom. The predicted molar refractivity (Wildman–Crippen MR) is 79.5 cm³/mol. The number of imidazole rings is 1. The van der Waals surface area contributed by atoms with E-state index in [1.807, 2.05) is 48.8 Å². The molecule has 0 radical (unpaired) electrons. The molecule has 4 heteroatoms. The van der Waals surface area contributed by atoms with E-state index in [9.17, 15) is 0 Å². The summed E-state index contributed by atoms with van der Waals surface area (Å²) in [4.78, 5) is 8.54. The number of nitrogens with zero attached hydrogens (tertiary/aromatic N) is 4. The average molecular weight is 274 g/mol. The van der Waals surface area contributed by atoms with E-state index in [0.717, 1.165) is 23.4 Å². The Morgan fingerprint density at radius 2 is 2.00 bits per heavy atom. The van der Waals surface area contributed by atoms with Gasteiger partial charge in [-0.1, -0.05) is 24.3 Å². The molecule has 0 saturated carbocycles. The van der Waals surface area contributed by atoms with E-state index in [1.165, 1.54) is 0 Å². The third-order valence-electron chi connectivity index (χ3n) is 3.37. The summed E-state index contributed by atoms with van der Waals surface area (Å²) in [6.45, 7) is 0.652. The van der Waals surface area contributed by atoms with Crippen molar-refractivity contribution in [2.45, 2.75) is 13.0 Å². The first-order valence-corrected chi connectivity index (χ1v) is 6.74. The summed E-state index contributed by atoms with van der Waals surface area (Å²) in [5, 5.41) is 9.17. The first-order chi connectivity index (χ1) is 10.4. The maximum absolute atomic E-state index is 9.17. The molecule has 0 aliphatic heterocycles. The molecule has 4 nitrogen and oxygen atoms in total. The van der Waals surface area contributed by atoms with Crippen molar-refractivity contribution in [1.29, 1.82) is 5.26 Å². The quantitative estimate of drug-likeness (QED) is 0.735. The van der Waals surface area contributed by atoms with Crippen LogP contribution in [0.15, 0.2) is 61.2 Å². The first-order valence-electron chi connectivity index (χ1n) is 6.74. The number of pyridine rings is 1. The molecule has 3 aromatic rings. The fraction of sp³-hybridized carbons (Fsp3) is 0.118. The largest absolute Gasteiger partial charge is 0.330 e. The molecule has 0 aliphatic carbocycles. The molecule has 0 amide bonds. The molecule has 0 unspecified atom stereocenters. The van der Waals surface area contributed by atoms with Gasteiger partial charge < -0.3 is 4.57 Å². The van der Waals surface area contributed by atoms with Crippen LogP contribution in [0.5, 0.6) is 0 Å². The molecule has 3 rings (SSSR count). The average Bonchev–Trinajstić information content (AvgIpc) is 2.96. The van der Waals surface area contributed by atoms with E-state index in [4.69, 9.17) is 5.26 Å². The van der Waals surface area contributed by atoms with E-state index in [-0.39, 0.29) is 0 Å². The Morgan fingerprint density at radius 1 is 1.10 bits per heavy atom. The molecule has 0 N–H and O–H groups in total. The van der Waals surface area contributed by atoms with E-state index >= 15 is 0 Å². The SMILES string of the molecule is N#Cc1ccccc1Cn1ccnc1Cc1cccnc1. The summed E-state index contributed by atoms with van der Waals surface area (Å²) < 4.78 is 2.07. The fourth-order valence-electron chi connectivity index (χ4n) is 2.29. The van der Waals surface area contributed by atoms with Crippen LogP contribution in [0.1, 0.15) is 22.5 Å². The highest BCUT2D eigenvalue weighted by Crippen LogP contribution is 2.13. The summed E-state index contributed by atoms with van der Waals surface area (Å²) in [5.74, 6) is 0.968. The van der Waals surface area contributed by atoms with Crippen molar-refractivity contribution in [2.75, 3.05) is 0 Å². The Bertz CT molecular complexity index is 769. The number of aromatic nitrogens is 3. The van der Waals surface area contributed by atoms with E-state index < -0.39 is 0 Å². The molecule has 0 spiro atoms. The molecule has 1 aromatic carbocycles. The van der Waals surface area contributed by atoms with Gasteiger partial charge in [-0.05, 0) is 23.3 Å². The van der Waals surface area contributed by atoms with Gasteiger partial charge in [-0.15, -0.1) is 0 Å². The Balaban J connectivity index is 1.85. The maximum atomic E-state index is 9.17. The van der Waals surface area contributed by atoms with E-state index in [1.54, 1.807) is 12.4 Å². The second-order valence-corrected chi connectivity index (χ2v) is 4.78. The Labute approximate surface area is 123 Å². The van der Waals surface area contributed by atoms with Crippen LogP contribution in [-0.4, -0.2) is 14.5 Å². The molecular formula is C17H14N4. The monoisotopic (exact) mass is 274 g/mol. The molecule has 0 bridgehead atoms. The van der Waals surface area contributed by atoms with Gasteiger partial charge in [0, 0.05) is 31.2 Å². The number of nitriles is 1. The van der Waals surface area contributed by atoms with Crippen LogP contribution in [0.3, 0.4) is 0 Å². The minimum atomic E-state index is 0.652. The van der Waals surface area contributed by atoms with Gasteiger partial charge in [0.1, 0.15) is 5.82 Å². The fourth-order valence-corrected chi connectivity index (χ4v) is 2.29. The molecule has 0 saturated heterocycles. The normalized spacial score (nSPS) is 10.2. The van der Waals surface area contributed by atoms with Crippen LogP contribution < -0.4 is 0 Å². The van der Waals surface area contributed by atoms with Crippen LogP contribution >= 0.6 is 0 Å². The van der Waals surface area contributed by atoms with Crippen LogP contribution in [0.4, 0.5) is 0 Å². The van der Waals surface area contributed by atoms with E-state index in [0.29, 0.717) is 12.1 Å². The molecule has 0 fully saturated rings. The third-order valence-corrected chi connectivity index (χ3v) is 3.37. The van der Waals surface area contributed by atoms with Gasteiger partial charge in [-0.3, -0.25) is 4.98 Å². The van der Waals surface area contributed by atoms with Gasteiger partial charge >= 0.3 is 0 Å². The second-order valence-electron chi connectivity index (χ2n) is 4.78. The second kappa shape index (κ2) is 6.02. The maximum Gasteiger partial charge on any atom is 0.113 e. The summed E-state index contributed by atoms with van der Waals surface area (Å²) in [5.41, 5.74) is 2.84. The lowest BCUT2D eigenvalue weighted by Crippen LogP contribution is -2.06. The van der Waals surface area contributed by atoms with Crippen LogP contribution in [-0.2, 0) is 13.0 Å². The number of hydrogen-bond donors (Lipinski definition) is 0. The number of hydrogen-bond acceptors (Lipinski definition) is 3. The lowest BCUT2D eigenvalue weighted by molar-refractivity contribution is 0.738. The van der Waals surface area contributed by atoms with Crippen molar-refractivity contribution in [3.05, 3.63) is 83.7 Å². The topological polar surface area (TPSA) is 54.5 Å². The molecule has 21 heavy (non-hydrogen) atoms. The molecule has 0 aliphatic rings. The van der Waals surface area contributed by atoms with Gasteiger partial charge in [0.15, 0.2) is 0 Å².